The van der Waals surface area contributed by atoms with Crippen molar-refractivity contribution in [2.45, 2.75) is 0 Å². The molecular formula is C11H17BrFN3O. The highest BCUT2D eigenvalue weighted by Crippen LogP contribution is 2.18. The molecule has 0 aliphatic rings. The zero-order valence-electron chi connectivity index (χ0n) is 10.0. The third kappa shape index (κ3) is 4.97. The van der Waals surface area contributed by atoms with Crippen LogP contribution in [0.5, 0.6) is 0 Å². The first-order valence-electron chi connectivity index (χ1n) is 5.37. The van der Waals surface area contributed by atoms with E-state index in [1.54, 1.807) is 18.2 Å². The van der Waals surface area contributed by atoms with Crippen LogP contribution in [0.25, 0.3) is 0 Å². The lowest BCUT2D eigenvalue weighted by molar-refractivity contribution is 0.200. The van der Waals surface area contributed by atoms with Gasteiger partial charge in [0, 0.05) is 44.5 Å². The van der Waals surface area contributed by atoms with Crippen molar-refractivity contribution in [1.29, 1.82) is 0 Å². The molecule has 0 fully saturated rings. The molecule has 0 aliphatic carbocycles. The van der Waals surface area contributed by atoms with Gasteiger partial charge in [0.2, 0.25) is 0 Å². The second-order valence-electron chi connectivity index (χ2n) is 3.62. The lowest BCUT2D eigenvalue weighted by Gasteiger charge is -2.18. The summed E-state index contributed by atoms with van der Waals surface area (Å²) in [5.41, 5.74) is 0. The van der Waals surface area contributed by atoms with Gasteiger partial charge in [-0.25, -0.2) is 9.37 Å². The fourth-order valence-corrected chi connectivity index (χ4v) is 1.64. The van der Waals surface area contributed by atoms with Crippen LogP contribution in [0.1, 0.15) is 0 Å². The summed E-state index contributed by atoms with van der Waals surface area (Å²) in [4.78, 5) is 5.82. The normalized spacial score (nSPS) is 10.6. The van der Waals surface area contributed by atoms with Crippen LogP contribution in [0.3, 0.4) is 0 Å². The Morgan fingerprint density at radius 3 is 2.94 bits per heavy atom. The number of nitrogens with one attached hydrogen (secondary N) is 1. The summed E-state index contributed by atoms with van der Waals surface area (Å²) in [6.45, 7) is 2.92. The molecule has 0 amide bonds. The zero-order valence-corrected chi connectivity index (χ0v) is 11.6. The molecule has 6 heteroatoms. The molecule has 0 saturated carbocycles. The van der Waals surface area contributed by atoms with Crippen LogP contribution in [-0.4, -0.2) is 45.4 Å². The number of likely N-dealkylation sites (N-methyl/N-ethyl adjacent to an activating group) is 1. The standard InChI is InChI=1S/C11H17BrFN3O/c1-16(5-3-14-4-6-17-2)11-10(13)7-9(12)8-15-11/h7-8,14H,3-6H2,1-2H3. The molecule has 1 rings (SSSR count). The molecule has 0 radical (unpaired) electrons. The average molecular weight is 306 g/mol. The molecule has 0 spiro atoms. The van der Waals surface area contributed by atoms with Crippen molar-refractivity contribution in [1.82, 2.24) is 10.3 Å². The predicted molar refractivity (Wildman–Crippen MR) is 69.9 cm³/mol. The molecule has 0 bridgehead atoms. The quantitative estimate of drug-likeness (QED) is 0.778. The first-order chi connectivity index (χ1) is 8.15. The average Bonchev–Trinajstić information content (AvgIpc) is 2.28. The second kappa shape index (κ2) is 7.58. The van der Waals surface area contributed by atoms with Gasteiger partial charge in [0.05, 0.1) is 6.61 Å². The van der Waals surface area contributed by atoms with E-state index < -0.39 is 0 Å². The van der Waals surface area contributed by atoms with Gasteiger partial charge in [0.25, 0.3) is 0 Å². The molecule has 17 heavy (non-hydrogen) atoms. The summed E-state index contributed by atoms with van der Waals surface area (Å²) < 4.78 is 19.1. The number of anilines is 1. The lowest BCUT2D eigenvalue weighted by Crippen LogP contribution is -2.31. The van der Waals surface area contributed by atoms with E-state index in [4.69, 9.17) is 4.74 Å². The number of nitrogens with zero attached hydrogens (tertiary/aromatic N) is 2. The van der Waals surface area contributed by atoms with E-state index in [2.05, 4.69) is 26.2 Å². The molecule has 1 heterocycles. The van der Waals surface area contributed by atoms with Crippen molar-refractivity contribution < 1.29 is 9.13 Å². The van der Waals surface area contributed by atoms with Crippen molar-refractivity contribution in [3.05, 3.63) is 22.6 Å². The molecule has 1 aromatic heterocycles. The number of methoxy groups -OCH3 is 1. The highest BCUT2D eigenvalue weighted by atomic mass is 79.9. The number of ether oxygens (including phenoxy) is 1. The third-order valence-corrected chi connectivity index (χ3v) is 2.69. The summed E-state index contributed by atoms with van der Waals surface area (Å²) >= 11 is 3.18. The van der Waals surface area contributed by atoms with Crippen molar-refractivity contribution in [2.75, 3.05) is 45.3 Å². The fourth-order valence-electron chi connectivity index (χ4n) is 1.34. The van der Waals surface area contributed by atoms with E-state index in [-0.39, 0.29) is 5.82 Å². The second-order valence-corrected chi connectivity index (χ2v) is 4.54. The first-order valence-corrected chi connectivity index (χ1v) is 6.16. The van der Waals surface area contributed by atoms with Gasteiger partial charge in [-0.1, -0.05) is 0 Å². The molecule has 4 nitrogen and oxygen atoms in total. The summed E-state index contributed by atoms with van der Waals surface area (Å²) in [5.74, 6) is 0.0421. The Kier molecular flexibility index (Phi) is 6.39. The topological polar surface area (TPSA) is 37.4 Å². The number of pyridine rings is 1. The Bertz CT molecular complexity index is 351. The smallest absolute Gasteiger partial charge is 0.166 e. The van der Waals surface area contributed by atoms with Gasteiger partial charge >= 0.3 is 0 Å². The van der Waals surface area contributed by atoms with E-state index in [1.165, 1.54) is 6.07 Å². The number of halogens is 2. The minimum absolute atomic E-state index is 0.321. The summed E-state index contributed by atoms with van der Waals surface area (Å²) in [5, 5.41) is 3.19. The van der Waals surface area contributed by atoms with Gasteiger partial charge in [0.15, 0.2) is 11.6 Å². The lowest BCUT2D eigenvalue weighted by atomic mass is 10.4. The number of rotatable bonds is 7. The maximum atomic E-state index is 13.6. The SMILES string of the molecule is COCCNCCN(C)c1ncc(Br)cc1F. The van der Waals surface area contributed by atoms with Crippen LogP contribution in [0.15, 0.2) is 16.7 Å². The monoisotopic (exact) mass is 305 g/mol. The largest absolute Gasteiger partial charge is 0.383 e. The molecule has 1 aromatic rings. The van der Waals surface area contributed by atoms with E-state index >= 15 is 0 Å². The molecule has 0 aromatic carbocycles. The van der Waals surface area contributed by atoms with Crippen LogP contribution in [0, 0.1) is 5.82 Å². The van der Waals surface area contributed by atoms with Crippen molar-refractivity contribution >= 4 is 21.7 Å². The van der Waals surface area contributed by atoms with Gasteiger partial charge in [0.1, 0.15) is 0 Å². The number of hydrogen-bond acceptors (Lipinski definition) is 4. The van der Waals surface area contributed by atoms with Crippen LogP contribution in [0.4, 0.5) is 10.2 Å². The molecular weight excluding hydrogens is 289 g/mol. The number of hydrogen-bond donors (Lipinski definition) is 1. The van der Waals surface area contributed by atoms with Crippen LogP contribution < -0.4 is 10.2 Å². The van der Waals surface area contributed by atoms with Crippen molar-refractivity contribution in [3.63, 3.8) is 0 Å². The molecule has 0 unspecified atom stereocenters. The third-order valence-electron chi connectivity index (χ3n) is 2.26. The molecule has 0 saturated heterocycles. The van der Waals surface area contributed by atoms with Gasteiger partial charge in [-0.05, 0) is 22.0 Å². The van der Waals surface area contributed by atoms with Gasteiger partial charge in [-0.2, -0.15) is 0 Å². The maximum Gasteiger partial charge on any atom is 0.166 e. The summed E-state index contributed by atoms with van der Waals surface area (Å²) in [6, 6.07) is 1.41. The molecule has 0 atom stereocenters. The minimum Gasteiger partial charge on any atom is -0.383 e. The Morgan fingerprint density at radius 1 is 1.53 bits per heavy atom. The highest BCUT2D eigenvalue weighted by Gasteiger charge is 2.08. The van der Waals surface area contributed by atoms with Gasteiger partial charge in [-0.15, -0.1) is 0 Å². The Morgan fingerprint density at radius 2 is 2.29 bits per heavy atom. The zero-order chi connectivity index (χ0) is 12.7. The molecule has 1 N–H and O–H groups in total. The van der Waals surface area contributed by atoms with Crippen LogP contribution in [0.2, 0.25) is 0 Å². The van der Waals surface area contributed by atoms with Crippen LogP contribution >= 0.6 is 15.9 Å². The Hall–Kier alpha value is -0.720. The highest BCUT2D eigenvalue weighted by molar-refractivity contribution is 9.10. The van der Waals surface area contributed by atoms with E-state index in [0.29, 0.717) is 23.4 Å². The Labute approximate surface area is 109 Å². The first kappa shape index (κ1) is 14.3. The summed E-state index contributed by atoms with van der Waals surface area (Å²) in [6.07, 6.45) is 1.59. The van der Waals surface area contributed by atoms with E-state index in [1.807, 2.05) is 7.05 Å². The predicted octanol–water partition coefficient (Wildman–Crippen LogP) is 1.66. The maximum absolute atomic E-state index is 13.6. The molecule has 0 aliphatic heterocycles. The van der Waals surface area contributed by atoms with Crippen molar-refractivity contribution in [3.8, 4) is 0 Å². The minimum atomic E-state index is -0.321. The number of aromatic nitrogens is 1. The van der Waals surface area contributed by atoms with E-state index in [9.17, 15) is 4.39 Å². The van der Waals surface area contributed by atoms with Crippen molar-refractivity contribution in [2.24, 2.45) is 0 Å². The molecule has 96 valence electrons. The van der Waals surface area contributed by atoms with Gasteiger partial charge in [-0.3, -0.25) is 0 Å². The fraction of sp³-hybridized carbons (Fsp3) is 0.545. The van der Waals surface area contributed by atoms with Crippen LogP contribution in [-0.2, 0) is 4.74 Å². The van der Waals surface area contributed by atoms with Gasteiger partial charge < -0.3 is 15.0 Å². The Balaban J connectivity index is 2.38. The van der Waals surface area contributed by atoms with E-state index in [0.717, 1.165) is 13.1 Å². The summed E-state index contributed by atoms with van der Waals surface area (Å²) in [7, 11) is 3.48.